The molecule has 1 aromatic carbocycles. The highest BCUT2D eigenvalue weighted by atomic mass is 19.4. The number of nitrogens with one attached hydrogen (secondary N) is 4. The Bertz CT molecular complexity index is 1010. The van der Waals surface area contributed by atoms with Gasteiger partial charge in [-0.25, -0.2) is 0 Å². The summed E-state index contributed by atoms with van der Waals surface area (Å²) < 4.78 is 39.2. The van der Waals surface area contributed by atoms with Crippen LogP contribution < -0.4 is 27.0 Å². The molecule has 0 fully saturated rings. The molecule has 0 heterocycles. The molecule has 14 heteroatoms. The molecule has 0 saturated heterocycles. The lowest BCUT2D eigenvalue weighted by Gasteiger charge is -2.28. The monoisotopic (exact) mass is 559 g/mol. The Balaban J connectivity index is 3.06. The predicted molar refractivity (Wildman–Crippen MR) is 135 cm³/mol. The van der Waals surface area contributed by atoms with Gasteiger partial charge in [0.05, 0.1) is 6.04 Å². The fourth-order valence-electron chi connectivity index (χ4n) is 3.60. The molecule has 7 N–H and O–H groups in total. The minimum absolute atomic E-state index is 0.00562. The highest BCUT2D eigenvalue weighted by molar-refractivity contribution is 5.94. The summed E-state index contributed by atoms with van der Waals surface area (Å²) >= 11 is 0. The average Bonchev–Trinajstić information content (AvgIpc) is 2.83. The molecule has 1 aromatic rings. The Morgan fingerprint density at radius 3 is 1.97 bits per heavy atom. The number of alkyl halides is 3. The molecule has 0 spiro atoms. The van der Waals surface area contributed by atoms with Crippen molar-refractivity contribution in [1.82, 2.24) is 21.3 Å². The standard InChI is InChI=1S/C25H36F3N5O6/c1-13(2)20(31-15(4)34)24(39)33-18(12-16-8-6-5-7-9-16)23(38)30-14(3)22(37)32-17(10-11-19(29)35)21(36)25(26,27)28/h5-9,13-14,17-18,20-21,36H,10-12H2,1-4H3,(H2,29,35)(H,30,38)(H,31,34)(H,32,37)(H,33,39)/t14-,17?,18?,20?,21?/m0/s1. The van der Waals surface area contributed by atoms with E-state index in [1.165, 1.54) is 13.8 Å². The highest BCUT2D eigenvalue weighted by Gasteiger charge is 2.44. The van der Waals surface area contributed by atoms with Crippen molar-refractivity contribution in [3.63, 3.8) is 0 Å². The second kappa shape index (κ2) is 15.0. The zero-order valence-corrected chi connectivity index (χ0v) is 22.2. The van der Waals surface area contributed by atoms with Crippen LogP contribution in [-0.4, -0.2) is 71.1 Å². The van der Waals surface area contributed by atoms with Crippen LogP contribution in [0.4, 0.5) is 13.2 Å². The normalized spacial score (nSPS) is 15.3. The van der Waals surface area contributed by atoms with E-state index in [1.54, 1.807) is 44.2 Å². The van der Waals surface area contributed by atoms with Crippen molar-refractivity contribution in [2.45, 2.75) is 83.4 Å². The summed E-state index contributed by atoms with van der Waals surface area (Å²) in [5.41, 5.74) is 5.64. The molecule has 0 aliphatic rings. The number of hydrogen-bond acceptors (Lipinski definition) is 6. The van der Waals surface area contributed by atoms with Gasteiger partial charge in [-0.3, -0.25) is 24.0 Å². The zero-order chi connectivity index (χ0) is 29.9. The van der Waals surface area contributed by atoms with Crippen LogP contribution in [0.1, 0.15) is 46.1 Å². The van der Waals surface area contributed by atoms with Gasteiger partial charge >= 0.3 is 6.18 Å². The number of aliphatic hydroxyl groups is 1. The fraction of sp³-hybridized carbons (Fsp3) is 0.560. The maximum absolute atomic E-state index is 13.1. The number of benzene rings is 1. The lowest BCUT2D eigenvalue weighted by atomic mass is 10.0. The van der Waals surface area contributed by atoms with Gasteiger partial charge in [-0.15, -0.1) is 0 Å². The number of carbonyl (C=O) groups is 5. The second-order valence-corrected chi connectivity index (χ2v) is 9.51. The van der Waals surface area contributed by atoms with E-state index in [4.69, 9.17) is 5.73 Å². The number of carbonyl (C=O) groups excluding carboxylic acids is 5. The molecular weight excluding hydrogens is 523 g/mol. The first-order valence-electron chi connectivity index (χ1n) is 12.3. The Morgan fingerprint density at radius 1 is 0.897 bits per heavy atom. The van der Waals surface area contributed by atoms with Gasteiger partial charge in [0.1, 0.15) is 18.1 Å². The highest BCUT2D eigenvalue weighted by Crippen LogP contribution is 2.24. The van der Waals surface area contributed by atoms with Gasteiger partial charge < -0.3 is 32.1 Å². The largest absolute Gasteiger partial charge is 0.416 e. The first-order valence-corrected chi connectivity index (χ1v) is 12.3. The Kier molecular flexibility index (Phi) is 12.9. The van der Waals surface area contributed by atoms with Gasteiger partial charge in [0.2, 0.25) is 29.5 Å². The van der Waals surface area contributed by atoms with Crippen molar-refractivity contribution in [2.24, 2.45) is 11.7 Å². The molecule has 11 nitrogen and oxygen atoms in total. The van der Waals surface area contributed by atoms with Crippen molar-refractivity contribution in [1.29, 1.82) is 0 Å². The van der Waals surface area contributed by atoms with Crippen molar-refractivity contribution in [3.05, 3.63) is 35.9 Å². The van der Waals surface area contributed by atoms with Crippen molar-refractivity contribution in [2.75, 3.05) is 0 Å². The molecule has 39 heavy (non-hydrogen) atoms. The number of primary amides is 1. The second-order valence-electron chi connectivity index (χ2n) is 9.51. The smallest absolute Gasteiger partial charge is 0.382 e. The number of amides is 5. The Labute approximate surface area is 224 Å². The Morgan fingerprint density at radius 2 is 1.49 bits per heavy atom. The summed E-state index contributed by atoms with van der Waals surface area (Å²) in [5, 5.41) is 19.1. The van der Waals surface area contributed by atoms with E-state index in [0.717, 1.165) is 0 Å². The summed E-state index contributed by atoms with van der Waals surface area (Å²) in [7, 11) is 0. The topological polar surface area (TPSA) is 180 Å². The number of aliphatic hydroxyl groups excluding tert-OH is 1. The van der Waals surface area contributed by atoms with Gasteiger partial charge in [-0.2, -0.15) is 13.2 Å². The van der Waals surface area contributed by atoms with Crippen molar-refractivity contribution < 1.29 is 42.3 Å². The molecule has 0 saturated carbocycles. The first kappa shape index (κ1) is 33.3. The average molecular weight is 560 g/mol. The molecule has 5 atom stereocenters. The van der Waals surface area contributed by atoms with E-state index < -0.39 is 78.8 Å². The summed E-state index contributed by atoms with van der Waals surface area (Å²) in [4.78, 5) is 61.3. The van der Waals surface area contributed by atoms with Crippen molar-refractivity contribution >= 4 is 29.5 Å². The molecule has 5 amide bonds. The van der Waals surface area contributed by atoms with E-state index >= 15 is 0 Å². The van der Waals surface area contributed by atoms with E-state index in [-0.39, 0.29) is 12.3 Å². The summed E-state index contributed by atoms with van der Waals surface area (Å²) in [6, 6.07) is 3.15. The molecular formula is C25H36F3N5O6. The maximum atomic E-state index is 13.1. The number of rotatable bonds is 14. The van der Waals surface area contributed by atoms with Crippen molar-refractivity contribution in [3.8, 4) is 0 Å². The molecule has 0 radical (unpaired) electrons. The van der Waals surface area contributed by atoms with E-state index in [9.17, 15) is 42.3 Å². The van der Waals surface area contributed by atoms with Crippen LogP contribution in [0.15, 0.2) is 30.3 Å². The van der Waals surface area contributed by atoms with E-state index in [2.05, 4.69) is 16.0 Å². The number of halogens is 3. The van der Waals surface area contributed by atoms with Crippen LogP contribution in [-0.2, 0) is 30.4 Å². The lowest BCUT2D eigenvalue weighted by molar-refractivity contribution is -0.212. The predicted octanol–water partition coefficient (Wildman–Crippen LogP) is 0.0528. The number of nitrogens with two attached hydrogens (primary N) is 1. The minimum atomic E-state index is -5.09. The van der Waals surface area contributed by atoms with E-state index in [1.807, 2.05) is 5.32 Å². The molecule has 4 unspecified atom stereocenters. The summed E-state index contributed by atoms with van der Waals surface area (Å²) in [5.74, 6) is -4.23. The fourth-order valence-corrected chi connectivity index (χ4v) is 3.60. The van der Waals surface area contributed by atoms with Crippen LogP contribution in [0.2, 0.25) is 0 Å². The molecule has 218 valence electrons. The van der Waals surface area contributed by atoms with Crippen LogP contribution in [0.5, 0.6) is 0 Å². The van der Waals surface area contributed by atoms with Gasteiger partial charge in [0.15, 0.2) is 6.10 Å². The number of hydrogen-bond donors (Lipinski definition) is 6. The Hall–Kier alpha value is -3.68. The minimum Gasteiger partial charge on any atom is -0.382 e. The third kappa shape index (κ3) is 11.7. The van der Waals surface area contributed by atoms with Crippen LogP contribution in [0, 0.1) is 5.92 Å². The third-order valence-corrected chi connectivity index (χ3v) is 5.72. The van der Waals surface area contributed by atoms with E-state index in [0.29, 0.717) is 5.56 Å². The summed E-state index contributed by atoms with van der Waals surface area (Å²) in [6.07, 6.45) is -9.18. The first-order chi connectivity index (χ1) is 18.0. The molecule has 0 aliphatic carbocycles. The van der Waals surface area contributed by atoms with Crippen LogP contribution >= 0.6 is 0 Å². The van der Waals surface area contributed by atoms with Gasteiger partial charge in [-0.1, -0.05) is 44.2 Å². The maximum Gasteiger partial charge on any atom is 0.416 e. The molecule has 1 rings (SSSR count). The molecule has 0 aliphatic heterocycles. The summed E-state index contributed by atoms with van der Waals surface area (Å²) in [6.45, 7) is 5.84. The third-order valence-electron chi connectivity index (χ3n) is 5.72. The van der Waals surface area contributed by atoms with Crippen LogP contribution in [0.3, 0.4) is 0 Å². The quantitative estimate of drug-likeness (QED) is 0.187. The zero-order valence-electron chi connectivity index (χ0n) is 22.2. The molecule has 0 aromatic heterocycles. The van der Waals surface area contributed by atoms with Crippen LogP contribution in [0.25, 0.3) is 0 Å². The van der Waals surface area contributed by atoms with Gasteiger partial charge in [0, 0.05) is 19.8 Å². The molecule has 0 bridgehead atoms. The lowest BCUT2D eigenvalue weighted by Crippen LogP contribution is -2.59. The SMILES string of the molecule is CC(=O)NC(C(=O)NC(Cc1ccccc1)C(=O)N[C@@H](C)C(=O)NC(CCC(N)=O)C(O)C(F)(F)F)C(C)C. The van der Waals surface area contributed by atoms with Gasteiger partial charge in [-0.05, 0) is 24.8 Å². The van der Waals surface area contributed by atoms with Gasteiger partial charge in [0.25, 0.3) is 0 Å².